The number of nitrogens with zero attached hydrogens (tertiary/aromatic N) is 2. The fourth-order valence-corrected chi connectivity index (χ4v) is 2.21. The van der Waals surface area contributed by atoms with E-state index in [-0.39, 0.29) is 5.92 Å². The van der Waals surface area contributed by atoms with Crippen LogP contribution in [0.2, 0.25) is 0 Å². The molecule has 0 aliphatic heterocycles. The molecule has 21 heavy (non-hydrogen) atoms. The molecule has 104 valence electrons. The van der Waals surface area contributed by atoms with Gasteiger partial charge in [-0.2, -0.15) is 10.3 Å². The van der Waals surface area contributed by atoms with Crippen molar-refractivity contribution in [2.24, 2.45) is 4.99 Å². The van der Waals surface area contributed by atoms with E-state index in [0.717, 1.165) is 0 Å². The third-order valence-electron chi connectivity index (χ3n) is 3.19. The van der Waals surface area contributed by atoms with Gasteiger partial charge in [0.15, 0.2) is 0 Å². The highest BCUT2D eigenvalue weighted by atomic mass is 19.1. The number of aliphatic imine (C=N–C) groups is 1. The minimum Gasteiger partial charge on any atom is -0.211 e. The van der Waals surface area contributed by atoms with Crippen LogP contribution in [0.4, 0.5) is 10.1 Å². The first-order chi connectivity index (χ1) is 10.1. The summed E-state index contributed by atoms with van der Waals surface area (Å²) < 4.78 is 13.9. The van der Waals surface area contributed by atoms with Crippen molar-refractivity contribution in [2.45, 2.75) is 19.8 Å². The smallest absolute Gasteiger partial charge is 0.211 e. The number of halogens is 1. The Balaban J connectivity index is 2.78. The summed E-state index contributed by atoms with van der Waals surface area (Å²) in [6.07, 6.45) is 1.53. The molecule has 2 rings (SSSR count). The molecule has 0 atom stereocenters. The molecule has 0 saturated heterocycles. The topological polar surface area (TPSA) is 53.2 Å². The first kappa shape index (κ1) is 14.6. The number of rotatable bonds is 3. The summed E-state index contributed by atoms with van der Waals surface area (Å²) in [5, 5.41) is 8.97. The fourth-order valence-electron chi connectivity index (χ4n) is 2.21. The summed E-state index contributed by atoms with van der Waals surface area (Å²) in [5.41, 5.74) is 2.62. The molecule has 0 spiro atoms. The number of nitriles is 1. The van der Waals surface area contributed by atoms with Gasteiger partial charge in [0.2, 0.25) is 6.08 Å². The Morgan fingerprint density at radius 1 is 1.24 bits per heavy atom. The third-order valence-corrected chi connectivity index (χ3v) is 3.19. The van der Waals surface area contributed by atoms with Crippen LogP contribution in [0.3, 0.4) is 0 Å². The van der Waals surface area contributed by atoms with Crippen molar-refractivity contribution in [3.8, 4) is 17.2 Å². The quantitative estimate of drug-likeness (QED) is 0.616. The maximum atomic E-state index is 13.9. The summed E-state index contributed by atoms with van der Waals surface area (Å²) in [5.74, 6) is -0.397. The van der Waals surface area contributed by atoms with Crippen LogP contribution < -0.4 is 0 Å². The zero-order chi connectivity index (χ0) is 15.4. The predicted octanol–water partition coefficient (Wildman–Crippen LogP) is 4.46. The maximum Gasteiger partial charge on any atom is 0.240 e. The molecule has 0 aliphatic carbocycles. The van der Waals surface area contributed by atoms with Crippen LogP contribution in [-0.4, -0.2) is 6.08 Å². The minimum absolute atomic E-state index is 0.00528. The van der Waals surface area contributed by atoms with Crippen molar-refractivity contribution in [3.63, 3.8) is 0 Å². The molecule has 0 saturated carbocycles. The van der Waals surface area contributed by atoms with Crippen molar-refractivity contribution in [1.82, 2.24) is 0 Å². The van der Waals surface area contributed by atoms with Gasteiger partial charge < -0.3 is 0 Å². The van der Waals surface area contributed by atoms with Crippen LogP contribution in [0.1, 0.15) is 30.9 Å². The van der Waals surface area contributed by atoms with Gasteiger partial charge in [0.1, 0.15) is 5.82 Å². The maximum absolute atomic E-state index is 13.9. The van der Waals surface area contributed by atoms with E-state index >= 15 is 0 Å². The molecular weight excluding hydrogens is 267 g/mol. The molecular formula is C17H13FN2O. The molecule has 0 radical (unpaired) electrons. The van der Waals surface area contributed by atoms with Crippen molar-refractivity contribution < 1.29 is 9.18 Å². The SMILES string of the molecule is CC(C)c1cc(F)cc(-c2cccc(C#N)c2)c1N=C=O. The van der Waals surface area contributed by atoms with E-state index in [2.05, 4.69) is 4.99 Å². The second-order valence-corrected chi connectivity index (χ2v) is 4.94. The van der Waals surface area contributed by atoms with Gasteiger partial charge in [-0.1, -0.05) is 26.0 Å². The summed E-state index contributed by atoms with van der Waals surface area (Å²) in [7, 11) is 0. The summed E-state index contributed by atoms with van der Waals surface area (Å²) in [6, 6.07) is 11.5. The number of isocyanates is 1. The number of benzene rings is 2. The van der Waals surface area contributed by atoms with Crippen molar-refractivity contribution in [3.05, 3.63) is 53.3 Å². The highest BCUT2D eigenvalue weighted by Crippen LogP contribution is 2.38. The monoisotopic (exact) mass is 280 g/mol. The average Bonchev–Trinajstić information content (AvgIpc) is 2.48. The Morgan fingerprint density at radius 3 is 2.62 bits per heavy atom. The zero-order valence-electron chi connectivity index (χ0n) is 11.7. The van der Waals surface area contributed by atoms with Crippen molar-refractivity contribution in [2.75, 3.05) is 0 Å². The molecule has 2 aromatic carbocycles. The fraction of sp³-hybridized carbons (Fsp3) is 0.176. The van der Waals surface area contributed by atoms with Crippen LogP contribution in [-0.2, 0) is 4.79 Å². The lowest BCUT2D eigenvalue weighted by Gasteiger charge is -2.13. The summed E-state index contributed by atoms with van der Waals surface area (Å²) in [6.45, 7) is 3.79. The predicted molar refractivity (Wildman–Crippen MR) is 78.4 cm³/mol. The number of hydrogen-bond donors (Lipinski definition) is 0. The molecule has 2 aromatic rings. The second kappa shape index (κ2) is 6.13. The zero-order valence-corrected chi connectivity index (χ0v) is 11.7. The number of carbonyl (C=O) groups excluding carboxylic acids is 1. The standard InChI is InChI=1S/C17H13FN2O/c1-11(2)15-7-14(18)8-16(17(15)20-10-21)13-5-3-4-12(6-13)9-19/h3-8,11H,1-2H3. The van der Waals surface area contributed by atoms with E-state index in [1.807, 2.05) is 19.9 Å². The van der Waals surface area contributed by atoms with E-state index in [1.165, 1.54) is 18.2 Å². The van der Waals surface area contributed by atoms with E-state index in [1.54, 1.807) is 24.3 Å². The molecule has 0 heterocycles. The minimum atomic E-state index is -0.402. The van der Waals surface area contributed by atoms with Gasteiger partial charge in [-0.05, 0) is 41.3 Å². The normalized spacial score (nSPS) is 10.0. The number of hydrogen-bond acceptors (Lipinski definition) is 3. The Morgan fingerprint density at radius 2 is 2.00 bits per heavy atom. The first-order valence-corrected chi connectivity index (χ1v) is 6.48. The molecule has 0 amide bonds. The Bertz CT molecular complexity index is 769. The highest BCUT2D eigenvalue weighted by molar-refractivity contribution is 5.80. The molecule has 3 nitrogen and oxygen atoms in total. The molecule has 0 aromatic heterocycles. The Hall–Kier alpha value is -2.76. The van der Waals surface area contributed by atoms with Crippen molar-refractivity contribution in [1.29, 1.82) is 5.26 Å². The van der Waals surface area contributed by atoms with E-state index < -0.39 is 5.82 Å². The van der Waals surface area contributed by atoms with Crippen LogP contribution >= 0.6 is 0 Å². The van der Waals surface area contributed by atoms with Gasteiger partial charge in [0.25, 0.3) is 0 Å². The average molecular weight is 280 g/mol. The van der Waals surface area contributed by atoms with Crippen LogP contribution in [0.25, 0.3) is 11.1 Å². The Kier molecular flexibility index (Phi) is 4.27. The van der Waals surface area contributed by atoms with Gasteiger partial charge >= 0.3 is 0 Å². The highest BCUT2D eigenvalue weighted by Gasteiger charge is 2.15. The van der Waals surface area contributed by atoms with Crippen LogP contribution in [0, 0.1) is 17.1 Å². The lowest BCUT2D eigenvalue weighted by Crippen LogP contribution is -1.93. The second-order valence-electron chi connectivity index (χ2n) is 4.94. The summed E-state index contributed by atoms with van der Waals surface area (Å²) in [4.78, 5) is 14.4. The largest absolute Gasteiger partial charge is 0.240 e. The lowest BCUT2D eigenvalue weighted by molar-refractivity contribution is 0.565. The Labute approximate surface area is 122 Å². The van der Waals surface area contributed by atoms with Gasteiger partial charge in [0.05, 0.1) is 17.3 Å². The molecule has 0 fully saturated rings. The van der Waals surface area contributed by atoms with E-state index in [9.17, 15) is 9.18 Å². The van der Waals surface area contributed by atoms with Gasteiger partial charge in [-0.25, -0.2) is 9.18 Å². The van der Waals surface area contributed by atoms with E-state index in [4.69, 9.17) is 5.26 Å². The van der Waals surface area contributed by atoms with Crippen LogP contribution in [0.15, 0.2) is 41.4 Å². The molecule has 4 heteroatoms. The molecule has 0 N–H and O–H groups in total. The summed E-state index contributed by atoms with van der Waals surface area (Å²) >= 11 is 0. The van der Waals surface area contributed by atoms with E-state index in [0.29, 0.717) is 27.9 Å². The van der Waals surface area contributed by atoms with Gasteiger partial charge in [-0.3, -0.25) is 0 Å². The van der Waals surface area contributed by atoms with Gasteiger partial charge in [-0.15, -0.1) is 0 Å². The van der Waals surface area contributed by atoms with Crippen molar-refractivity contribution >= 4 is 11.8 Å². The lowest BCUT2D eigenvalue weighted by atomic mass is 9.93. The molecule has 0 aliphatic rings. The van der Waals surface area contributed by atoms with Gasteiger partial charge in [0, 0.05) is 5.56 Å². The van der Waals surface area contributed by atoms with Crippen LogP contribution in [0.5, 0.6) is 0 Å². The molecule has 0 bridgehead atoms. The molecule has 0 unspecified atom stereocenters. The first-order valence-electron chi connectivity index (χ1n) is 6.48. The third kappa shape index (κ3) is 3.05.